The summed E-state index contributed by atoms with van der Waals surface area (Å²) in [6, 6.07) is 9.63. The van der Waals surface area contributed by atoms with E-state index in [1.807, 2.05) is 19.1 Å². The summed E-state index contributed by atoms with van der Waals surface area (Å²) in [6.45, 7) is 1.97. The Morgan fingerprint density at radius 3 is 2.69 bits per heavy atom. The molecule has 0 fully saturated rings. The predicted octanol–water partition coefficient (Wildman–Crippen LogP) is 2.77. The van der Waals surface area contributed by atoms with Gasteiger partial charge in [-0.25, -0.2) is 13.4 Å². The summed E-state index contributed by atoms with van der Waals surface area (Å²) in [5.41, 5.74) is 7.31. The van der Waals surface area contributed by atoms with Gasteiger partial charge < -0.3 is 4.74 Å². The van der Waals surface area contributed by atoms with E-state index in [1.54, 1.807) is 7.11 Å². The molecule has 1 heterocycles. The van der Waals surface area contributed by atoms with Crippen molar-refractivity contribution < 1.29 is 17.9 Å². The molecule has 0 aliphatic rings. The van der Waals surface area contributed by atoms with Crippen LogP contribution >= 0.6 is 11.3 Å². The number of hydrogen-bond acceptors (Lipinski definition) is 7. The number of hydrazine groups is 1. The molecule has 26 heavy (non-hydrogen) atoms. The maximum atomic E-state index is 12.3. The molecule has 0 radical (unpaired) electrons. The van der Waals surface area contributed by atoms with Gasteiger partial charge in [0, 0.05) is 11.8 Å². The summed E-state index contributed by atoms with van der Waals surface area (Å²) in [7, 11) is -1.80. The molecule has 0 spiro atoms. The van der Waals surface area contributed by atoms with Crippen LogP contribution in [0.15, 0.2) is 41.3 Å². The number of nitrogens with one attached hydrogen (secondary N) is 2. The van der Waals surface area contributed by atoms with Crippen LogP contribution in [0.5, 0.6) is 5.75 Å². The van der Waals surface area contributed by atoms with Gasteiger partial charge in [0.25, 0.3) is 5.91 Å². The van der Waals surface area contributed by atoms with E-state index in [0.29, 0.717) is 16.4 Å². The third-order valence-electron chi connectivity index (χ3n) is 3.73. The number of ether oxygens (including phenoxy) is 1. The van der Waals surface area contributed by atoms with Gasteiger partial charge in [-0.1, -0.05) is 23.5 Å². The van der Waals surface area contributed by atoms with Gasteiger partial charge in [0.2, 0.25) is 5.13 Å². The number of nitrogens with zero attached hydrogens (tertiary/aromatic N) is 1. The van der Waals surface area contributed by atoms with E-state index >= 15 is 0 Å². The number of aryl methyl sites for hydroxylation is 1. The molecule has 0 unspecified atom stereocenters. The number of fused-ring (bicyclic) bond motifs is 1. The van der Waals surface area contributed by atoms with E-state index in [0.717, 1.165) is 16.5 Å². The molecule has 136 valence electrons. The van der Waals surface area contributed by atoms with Crippen LogP contribution in [0.25, 0.3) is 10.2 Å². The lowest BCUT2D eigenvalue weighted by Gasteiger charge is -2.06. The highest BCUT2D eigenvalue weighted by Gasteiger charge is 2.14. The number of carbonyl (C=O) groups excluding carboxylic acids is 1. The van der Waals surface area contributed by atoms with Gasteiger partial charge in [-0.15, -0.1) is 0 Å². The van der Waals surface area contributed by atoms with Crippen molar-refractivity contribution >= 4 is 42.4 Å². The highest BCUT2D eigenvalue weighted by molar-refractivity contribution is 7.90. The van der Waals surface area contributed by atoms with Crippen LogP contribution in [0.2, 0.25) is 0 Å². The average Bonchev–Trinajstić information content (AvgIpc) is 3.04. The summed E-state index contributed by atoms with van der Waals surface area (Å²) in [5.74, 6) is 0.195. The Hall–Kier alpha value is -2.65. The lowest BCUT2D eigenvalue weighted by molar-refractivity contribution is 0.0962. The van der Waals surface area contributed by atoms with E-state index in [1.165, 1.54) is 35.6 Å². The Balaban J connectivity index is 1.80. The molecule has 0 saturated carbocycles. The van der Waals surface area contributed by atoms with Crippen LogP contribution in [0.3, 0.4) is 0 Å². The van der Waals surface area contributed by atoms with Crippen LogP contribution in [-0.4, -0.2) is 32.7 Å². The molecule has 3 aromatic rings. The first kappa shape index (κ1) is 18.2. The molecule has 9 heteroatoms. The molecular formula is C17H17N3O4S2. The molecule has 3 rings (SSSR count). The fourth-order valence-corrected chi connectivity index (χ4v) is 3.95. The zero-order valence-electron chi connectivity index (χ0n) is 14.4. The van der Waals surface area contributed by atoms with Gasteiger partial charge in [-0.05, 0) is 36.8 Å². The topological polar surface area (TPSA) is 97.4 Å². The molecule has 0 aliphatic heterocycles. The lowest BCUT2D eigenvalue weighted by atomic mass is 10.2. The van der Waals surface area contributed by atoms with Crippen LogP contribution < -0.4 is 15.6 Å². The molecule has 2 aromatic carbocycles. The summed E-state index contributed by atoms with van der Waals surface area (Å²) < 4.78 is 29.5. The lowest BCUT2D eigenvalue weighted by Crippen LogP contribution is -2.29. The van der Waals surface area contributed by atoms with Crippen LogP contribution in [0.4, 0.5) is 5.13 Å². The Morgan fingerprint density at radius 1 is 1.23 bits per heavy atom. The molecule has 0 atom stereocenters. The number of hydrogen-bond donors (Lipinski definition) is 2. The van der Waals surface area contributed by atoms with Crippen LogP contribution in [-0.2, 0) is 9.84 Å². The predicted molar refractivity (Wildman–Crippen MR) is 102 cm³/mol. The summed E-state index contributed by atoms with van der Waals surface area (Å²) in [6.07, 6.45) is 1.10. The number of benzene rings is 2. The van der Waals surface area contributed by atoms with Crippen molar-refractivity contribution in [3.63, 3.8) is 0 Å². The number of anilines is 1. The number of rotatable bonds is 5. The average molecular weight is 391 g/mol. The zero-order valence-corrected chi connectivity index (χ0v) is 16.0. The largest absolute Gasteiger partial charge is 0.494 e. The van der Waals surface area contributed by atoms with Gasteiger partial charge in [0.15, 0.2) is 9.84 Å². The van der Waals surface area contributed by atoms with Gasteiger partial charge >= 0.3 is 0 Å². The van der Waals surface area contributed by atoms with Crippen LogP contribution in [0, 0.1) is 6.92 Å². The highest BCUT2D eigenvalue weighted by Crippen LogP contribution is 2.34. The standard InChI is InChI=1S/C17H17N3O4S2/c1-10-7-8-13(24-2)14-15(10)25-17(18-14)20-19-16(21)11-5-4-6-12(9-11)26(3,22)23/h4-9H,1-3H3,(H,18,20)(H,19,21). The molecule has 0 aliphatic carbocycles. The maximum absolute atomic E-state index is 12.3. The van der Waals surface area contributed by atoms with Crippen molar-refractivity contribution in [2.75, 3.05) is 18.8 Å². The summed E-state index contributed by atoms with van der Waals surface area (Å²) >= 11 is 1.39. The minimum Gasteiger partial charge on any atom is -0.494 e. The SMILES string of the molecule is COc1ccc(C)c2sc(NNC(=O)c3cccc(S(C)(=O)=O)c3)nc12. The van der Waals surface area contributed by atoms with Crippen molar-refractivity contribution in [3.05, 3.63) is 47.5 Å². The molecule has 0 saturated heterocycles. The summed E-state index contributed by atoms with van der Waals surface area (Å²) in [4.78, 5) is 16.8. The van der Waals surface area contributed by atoms with Crippen molar-refractivity contribution in [3.8, 4) is 5.75 Å². The first-order valence-corrected chi connectivity index (χ1v) is 10.3. The van der Waals surface area contributed by atoms with E-state index < -0.39 is 15.7 Å². The number of sulfone groups is 1. The normalized spacial score (nSPS) is 11.3. The fourth-order valence-electron chi connectivity index (χ4n) is 2.38. The number of carbonyl (C=O) groups is 1. The van der Waals surface area contributed by atoms with Gasteiger partial charge in [0.05, 0.1) is 16.7 Å². The highest BCUT2D eigenvalue weighted by atomic mass is 32.2. The summed E-state index contributed by atoms with van der Waals surface area (Å²) in [5, 5.41) is 0.500. The Labute approximate surface area is 154 Å². The van der Waals surface area contributed by atoms with Crippen molar-refractivity contribution in [2.45, 2.75) is 11.8 Å². The molecule has 1 amide bonds. The second-order valence-electron chi connectivity index (χ2n) is 5.66. The van der Waals surface area contributed by atoms with E-state index in [2.05, 4.69) is 15.8 Å². The first-order chi connectivity index (χ1) is 12.3. The molecule has 1 aromatic heterocycles. The van der Waals surface area contributed by atoms with Crippen molar-refractivity contribution in [2.24, 2.45) is 0 Å². The molecule has 7 nitrogen and oxygen atoms in total. The minimum absolute atomic E-state index is 0.0884. The zero-order chi connectivity index (χ0) is 18.9. The minimum atomic E-state index is -3.38. The maximum Gasteiger partial charge on any atom is 0.269 e. The van der Waals surface area contributed by atoms with Gasteiger partial charge in [0.1, 0.15) is 11.3 Å². The monoisotopic (exact) mass is 391 g/mol. The van der Waals surface area contributed by atoms with E-state index in [9.17, 15) is 13.2 Å². The third-order valence-corrected chi connectivity index (χ3v) is 5.95. The quantitative estimate of drug-likeness (QED) is 0.649. The second kappa shape index (κ2) is 6.93. The Morgan fingerprint density at radius 2 is 2.00 bits per heavy atom. The number of methoxy groups -OCH3 is 1. The number of aromatic nitrogens is 1. The molecule has 2 N–H and O–H groups in total. The van der Waals surface area contributed by atoms with E-state index in [4.69, 9.17) is 4.74 Å². The molecular weight excluding hydrogens is 374 g/mol. The second-order valence-corrected chi connectivity index (χ2v) is 8.68. The van der Waals surface area contributed by atoms with Gasteiger partial charge in [-0.2, -0.15) is 0 Å². The van der Waals surface area contributed by atoms with Crippen molar-refractivity contribution in [1.82, 2.24) is 10.4 Å². The van der Waals surface area contributed by atoms with Gasteiger partial charge in [-0.3, -0.25) is 15.6 Å². The Bertz CT molecular complexity index is 1090. The smallest absolute Gasteiger partial charge is 0.269 e. The fraction of sp³-hybridized carbons (Fsp3) is 0.176. The van der Waals surface area contributed by atoms with E-state index in [-0.39, 0.29) is 10.5 Å². The van der Waals surface area contributed by atoms with Crippen molar-refractivity contribution in [1.29, 1.82) is 0 Å². The third kappa shape index (κ3) is 3.63. The first-order valence-electron chi connectivity index (χ1n) is 7.60. The number of amides is 1. The Kier molecular flexibility index (Phi) is 4.84. The number of thiazole rings is 1. The van der Waals surface area contributed by atoms with Crippen LogP contribution in [0.1, 0.15) is 15.9 Å². The molecule has 0 bridgehead atoms.